The third-order valence-electron chi connectivity index (χ3n) is 10.5. The minimum Gasteiger partial charge on any atom is -0.486 e. The van der Waals surface area contributed by atoms with Gasteiger partial charge in [-0.3, -0.25) is 0 Å². The first kappa shape index (κ1) is 31.9. The largest absolute Gasteiger partial charge is 3.00 e. The van der Waals surface area contributed by atoms with Gasteiger partial charge in [-0.2, -0.15) is 0 Å². The summed E-state index contributed by atoms with van der Waals surface area (Å²) < 4.78 is 90.4. The van der Waals surface area contributed by atoms with Gasteiger partial charge in [0.25, 0.3) is 0 Å². The molecule has 306 valence electrons. The number of pyridine rings is 4. The molecule has 0 N–H and O–H groups in total. The van der Waals surface area contributed by atoms with Crippen molar-refractivity contribution < 1.29 is 36.9 Å². The van der Waals surface area contributed by atoms with Crippen LogP contribution in [0.3, 0.4) is 0 Å². The summed E-state index contributed by atoms with van der Waals surface area (Å²) in [6, 6.07) is 52.8. The van der Waals surface area contributed by atoms with Gasteiger partial charge in [0.15, 0.2) is 0 Å². The Hall–Kier alpha value is -6.85. The zero-order valence-corrected chi connectivity index (χ0v) is 36.6. The van der Waals surface area contributed by atoms with Crippen LogP contribution in [0.5, 0.6) is 0 Å². The number of benzene rings is 5. The molecular weight excluding hydrogens is 949 g/mol. The zero-order chi connectivity index (χ0) is 49.9. The van der Waals surface area contributed by atoms with Crippen molar-refractivity contribution in [3.63, 3.8) is 0 Å². The van der Waals surface area contributed by atoms with E-state index in [1.807, 2.05) is 78.9 Å². The third kappa shape index (κ3) is 9.06. The van der Waals surface area contributed by atoms with Gasteiger partial charge in [-0.05, 0) is 105 Å². The van der Waals surface area contributed by atoms with Crippen LogP contribution in [0.25, 0.3) is 78.1 Å². The van der Waals surface area contributed by atoms with Crippen molar-refractivity contribution in [2.75, 3.05) is 0 Å². The van der Waals surface area contributed by atoms with Gasteiger partial charge in [-0.25, -0.2) is 4.98 Å². The van der Waals surface area contributed by atoms with Crippen molar-refractivity contribution in [1.29, 1.82) is 0 Å². The number of rotatable bonds is 12. The van der Waals surface area contributed by atoms with Crippen molar-refractivity contribution in [2.24, 2.45) is 0 Å². The van der Waals surface area contributed by atoms with Crippen LogP contribution in [0.4, 0.5) is 0 Å². The van der Waals surface area contributed by atoms with E-state index < -0.39 is 31.4 Å². The van der Waals surface area contributed by atoms with Gasteiger partial charge in [0.2, 0.25) is 5.71 Å². The summed E-state index contributed by atoms with van der Waals surface area (Å²) in [6.07, 6.45) is -6.79. The zero-order valence-electron chi connectivity index (χ0n) is 43.2. The molecule has 6 heteroatoms. The minimum atomic E-state index is -2.82. The first-order valence-corrected chi connectivity index (χ1v) is 20.2. The Morgan fingerprint density at radius 2 is 1.13 bits per heavy atom. The van der Waals surface area contributed by atoms with E-state index in [-0.39, 0.29) is 42.4 Å². The molecule has 5 nitrogen and oxygen atoms in total. The Balaban J connectivity index is 0.00000640. The van der Waals surface area contributed by atoms with Crippen LogP contribution >= 0.6 is 0 Å². The van der Waals surface area contributed by atoms with Gasteiger partial charge in [0.1, 0.15) is 0 Å². The smallest absolute Gasteiger partial charge is 0.486 e. The summed E-state index contributed by atoms with van der Waals surface area (Å²) in [5.41, 5.74) is 6.80. The molecule has 0 radical (unpaired) electrons. The molecule has 5 heterocycles. The number of nitrogens with zero attached hydrogens (tertiary/aromatic N) is 4. The van der Waals surface area contributed by atoms with Crippen molar-refractivity contribution in [3.8, 4) is 56.0 Å². The number of hydrogen-bond acceptors (Lipinski definition) is 5. The van der Waals surface area contributed by atoms with E-state index in [4.69, 9.17) is 10.8 Å². The number of aryl methyl sites for hydroxylation is 4. The normalized spacial score (nSPS) is 14.5. The molecule has 0 bridgehead atoms. The number of fused-ring (bicyclic) bond motifs is 3. The first-order chi connectivity index (χ1) is 33.8. The van der Waals surface area contributed by atoms with Crippen LogP contribution in [-0.2, 0) is 45.6 Å². The number of furan rings is 1. The summed E-state index contributed by atoms with van der Waals surface area (Å²) >= 11 is 0. The van der Waals surface area contributed by atoms with Crippen LogP contribution in [0.15, 0.2) is 175 Å². The summed E-state index contributed by atoms with van der Waals surface area (Å²) in [5.74, 6) is -0.920. The molecular formula is C57H43IrN4O. The van der Waals surface area contributed by atoms with Gasteiger partial charge in [0, 0.05) is 42.0 Å². The molecule has 5 aromatic carbocycles. The molecule has 0 saturated carbocycles. The van der Waals surface area contributed by atoms with Crippen LogP contribution < -0.4 is 0 Å². The minimum absolute atomic E-state index is 0. The summed E-state index contributed by atoms with van der Waals surface area (Å²) in [4.78, 5) is 18.4. The molecule has 10 aromatic rings. The molecule has 0 aliphatic rings. The Bertz CT molecular complexity index is 3440. The fraction of sp³-hybridized carbons (Fsp3) is 0.123. The molecule has 5 aromatic heterocycles. The van der Waals surface area contributed by atoms with Gasteiger partial charge in [-0.15, -0.1) is 90.0 Å². The van der Waals surface area contributed by atoms with Crippen LogP contribution in [0, 0.1) is 18.2 Å². The average Bonchev–Trinajstić information content (AvgIpc) is 3.77. The molecule has 0 aliphatic heterocycles. The maximum atomic E-state index is 9.56. The number of hydrogen-bond donors (Lipinski definition) is 0. The number of aromatic nitrogens is 4. The quantitative estimate of drug-likeness (QED) is 0.114. The Morgan fingerprint density at radius 3 is 1.68 bits per heavy atom. The van der Waals surface area contributed by atoms with Crippen molar-refractivity contribution in [1.82, 2.24) is 19.9 Å². The monoisotopic (exact) mass is 1000 g/mol. The standard InChI is InChI=1S/C57H43N4O.Ir/c1-38(2)52-31-27-50-49-18-11-19-51(56(49)62-57(50)61-52)55-30-26-45(37-60-55)47-16-9-10-17-48(47)46-33-41(22-20-39-24-28-53(58-35-39)43-12-5-3-6-13-43)32-42(34-46)23-21-40-25-29-54(59-36-40)44-14-7-4-8-15-44;/h3-12,14,16-18,24-38H,20-23H2,1-2H3;/q-3;+3/i20D2,21D2,22D2,23D2,38D;. The second-order valence-corrected chi connectivity index (χ2v) is 14.9. The van der Waals surface area contributed by atoms with E-state index in [0.717, 1.165) is 10.8 Å². The SMILES string of the molecule is [2H]C(C)(C)c1ccc2c(n1)oc1c(-c3ccc(-c4ccccc4-c4cc(C([2H])([2H])C([2H])([2H])c5ccc(-c6[c-]cccc6)nc5)cc(C([2H])([2H])C([2H])([2H])c5ccc(-c6[c-]cccc6)nc5)c4)cn3)[c-]ccc12.[Ir+3]. The molecule has 0 fully saturated rings. The van der Waals surface area contributed by atoms with Gasteiger partial charge < -0.3 is 19.4 Å². The van der Waals surface area contributed by atoms with E-state index in [0.29, 0.717) is 73.0 Å². The molecule has 63 heavy (non-hydrogen) atoms. The topological polar surface area (TPSA) is 64.7 Å². The second-order valence-electron chi connectivity index (χ2n) is 14.9. The van der Waals surface area contributed by atoms with Gasteiger partial charge in [0.05, 0.1) is 5.58 Å². The third-order valence-corrected chi connectivity index (χ3v) is 10.5. The van der Waals surface area contributed by atoms with Crippen molar-refractivity contribution in [3.05, 3.63) is 216 Å². The van der Waals surface area contributed by atoms with Crippen LogP contribution in [0.1, 0.15) is 60.0 Å². The molecule has 0 saturated heterocycles. The summed E-state index contributed by atoms with van der Waals surface area (Å²) in [7, 11) is 0. The maximum absolute atomic E-state index is 9.56. The fourth-order valence-corrected chi connectivity index (χ4v) is 7.35. The summed E-state index contributed by atoms with van der Waals surface area (Å²) in [5, 5.41) is 1.63. The van der Waals surface area contributed by atoms with E-state index in [1.54, 1.807) is 62.5 Å². The molecule has 0 aliphatic carbocycles. The predicted octanol–water partition coefficient (Wildman–Crippen LogP) is 13.6. The Morgan fingerprint density at radius 1 is 0.540 bits per heavy atom. The second kappa shape index (κ2) is 18.6. The Kier molecular flexibility index (Phi) is 9.44. The maximum Gasteiger partial charge on any atom is 3.00 e. The molecule has 0 amide bonds. The van der Waals surface area contributed by atoms with Crippen molar-refractivity contribution in [2.45, 2.75) is 45.2 Å². The van der Waals surface area contributed by atoms with E-state index in [9.17, 15) is 11.0 Å². The van der Waals surface area contributed by atoms with Crippen LogP contribution in [-0.4, -0.2) is 19.9 Å². The predicted molar refractivity (Wildman–Crippen MR) is 250 cm³/mol. The first-order valence-electron chi connectivity index (χ1n) is 24.7. The fourth-order valence-electron chi connectivity index (χ4n) is 7.35. The van der Waals surface area contributed by atoms with E-state index in [1.165, 1.54) is 42.7 Å². The Labute approximate surface area is 395 Å². The molecule has 0 spiro atoms. The van der Waals surface area contributed by atoms with Crippen molar-refractivity contribution >= 4 is 22.1 Å². The van der Waals surface area contributed by atoms with E-state index in [2.05, 4.69) is 33.2 Å². The average molecular weight is 1000 g/mol. The van der Waals surface area contributed by atoms with Gasteiger partial charge >= 0.3 is 20.1 Å². The molecule has 0 atom stereocenters. The molecule has 0 unspecified atom stereocenters. The van der Waals surface area contributed by atoms with Gasteiger partial charge in [-0.1, -0.05) is 104 Å². The molecule has 10 rings (SSSR count). The van der Waals surface area contributed by atoms with E-state index >= 15 is 0 Å². The van der Waals surface area contributed by atoms with Crippen LogP contribution in [0.2, 0.25) is 0 Å². The summed E-state index contributed by atoms with van der Waals surface area (Å²) in [6.45, 7) is 3.54.